The normalized spacial score (nSPS) is 10.6. The monoisotopic (exact) mass is 430 g/mol. The third-order valence-corrected chi connectivity index (χ3v) is 3.85. The van der Waals surface area contributed by atoms with Crippen molar-refractivity contribution >= 4 is 28.6 Å². The highest BCUT2D eigenvalue weighted by atomic mass is 127. The van der Waals surface area contributed by atoms with Crippen molar-refractivity contribution in [2.75, 3.05) is 4.90 Å². The molecule has 2 aromatic carbocycles. The van der Waals surface area contributed by atoms with E-state index in [2.05, 4.69) is 22.8 Å². The van der Waals surface area contributed by atoms with Crippen molar-refractivity contribution in [3.63, 3.8) is 0 Å². The summed E-state index contributed by atoms with van der Waals surface area (Å²) in [7, 11) is 2.03. The van der Waals surface area contributed by atoms with Gasteiger partial charge in [-0.3, -0.25) is 9.69 Å². The molecule has 0 unspecified atom stereocenters. The number of aromatic nitrogens is 1. The summed E-state index contributed by atoms with van der Waals surface area (Å²) in [5.74, 6) is -0.0155. The molecule has 1 amide bonds. The molecule has 0 N–H and O–H groups in total. The van der Waals surface area contributed by atoms with E-state index in [1.165, 1.54) is 0 Å². The Morgan fingerprint density at radius 3 is 2.38 bits per heavy atom. The van der Waals surface area contributed by atoms with Gasteiger partial charge in [0.2, 0.25) is 11.4 Å². The molecule has 24 heavy (non-hydrogen) atoms. The number of fused-ring (bicyclic) bond motifs is 1. The topological polar surface area (TPSA) is 24.2 Å². The number of hydrogen-bond acceptors (Lipinski definition) is 1. The van der Waals surface area contributed by atoms with Crippen LogP contribution in [0.4, 0.5) is 5.69 Å². The highest BCUT2D eigenvalue weighted by Crippen LogP contribution is 2.19. The number of anilines is 1. The number of carbonyl (C=O) groups is 1. The Bertz CT molecular complexity index is 875. The number of carbonyl (C=O) groups excluding carboxylic acids is 1. The number of para-hydroxylation sites is 2. The molecule has 0 aliphatic rings. The van der Waals surface area contributed by atoms with Gasteiger partial charge in [-0.1, -0.05) is 30.3 Å². The summed E-state index contributed by atoms with van der Waals surface area (Å²) in [6.45, 7) is 1.57. The molecular formula is C20H19IN2O. The zero-order valence-electron chi connectivity index (χ0n) is 13.7. The van der Waals surface area contributed by atoms with E-state index in [0.29, 0.717) is 0 Å². The number of pyridine rings is 1. The van der Waals surface area contributed by atoms with Crippen LogP contribution in [0, 0.1) is 0 Å². The summed E-state index contributed by atoms with van der Waals surface area (Å²) in [6.07, 6.45) is 5.85. The predicted molar refractivity (Wildman–Crippen MR) is 93.8 cm³/mol. The Kier molecular flexibility index (Phi) is 6.09. The number of rotatable bonds is 3. The van der Waals surface area contributed by atoms with Gasteiger partial charge in [0.1, 0.15) is 7.05 Å². The molecule has 0 aliphatic carbocycles. The van der Waals surface area contributed by atoms with E-state index >= 15 is 0 Å². The minimum atomic E-state index is -0.0155. The number of amides is 1. The van der Waals surface area contributed by atoms with E-state index in [-0.39, 0.29) is 29.9 Å². The molecule has 0 saturated heterocycles. The van der Waals surface area contributed by atoms with E-state index in [9.17, 15) is 4.79 Å². The van der Waals surface area contributed by atoms with E-state index in [1.807, 2.05) is 68.0 Å². The molecule has 0 atom stereocenters. The Labute approximate surface area is 159 Å². The Balaban J connectivity index is 0.00000208. The fourth-order valence-corrected chi connectivity index (χ4v) is 2.65. The van der Waals surface area contributed by atoms with Crippen LogP contribution in [0.1, 0.15) is 12.5 Å². The van der Waals surface area contributed by atoms with Gasteiger partial charge in [-0.05, 0) is 29.8 Å². The van der Waals surface area contributed by atoms with Gasteiger partial charge in [0.25, 0.3) is 0 Å². The third kappa shape index (κ3) is 3.82. The average molecular weight is 430 g/mol. The largest absolute Gasteiger partial charge is 1.00 e. The van der Waals surface area contributed by atoms with Crippen molar-refractivity contribution in [3.8, 4) is 0 Å². The van der Waals surface area contributed by atoms with Crippen LogP contribution in [0.5, 0.6) is 0 Å². The van der Waals surface area contributed by atoms with Crippen molar-refractivity contribution in [2.24, 2.45) is 7.05 Å². The lowest BCUT2D eigenvalue weighted by molar-refractivity contribution is -0.644. The van der Waals surface area contributed by atoms with Crippen molar-refractivity contribution in [2.45, 2.75) is 6.92 Å². The van der Waals surface area contributed by atoms with Gasteiger partial charge in [0.05, 0.1) is 5.39 Å². The number of hydrogen-bond donors (Lipinski definition) is 0. The smallest absolute Gasteiger partial charge is 0.227 e. The first-order chi connectivity index (χ1) is 11.2. The van der Waals surface area contributed by atoms with Gasteiger partial charge in [0, 0.05) is 30.9 Å². The first-order valence-corrected chi connectivity index (χ1v) is 7.57. The van der Waals surface area contributed by atoms with Crippen LogP contribution in [0.25, 0.3) is 17.0 Å². The van der Waals surface area contributed by atoms with Gasteiger partial charge < -0.3 is 24.0 Å². The molecular weight excluding hydrogens is 411 g/mol. The van der Waals surface area contributed by atoms with Crippen LogP contribution in [-0.4, -0.2) is 5.91 Å². The van der Waals surface area contributed by atoms with Crippen LogP contribution >= 0.6 is 0 Å². The maximum atomic E-state index is 12.0. The van der Waals surface area contributed by atoms with Crippen LogP contribution in [-0.2, 0) is 11.8 Å². The fourth-order valence-electron chi connectivity index (χ4n) is 2.65. The number of benzene rings is 2. The lowest BCUT2D eigenvalue weighted by Crippen LogP contribution is -3.00. The van der Waals surface area contributed by atoms with Crippen molar-refractivity contribution in [3.05, 3.63) is 78.6 Å². The van der Waals surface area contributed by atoms with E-state index < -0.39 is 0 Å². The second-order valence-electron chi connectivity index (χ2n) is 5.44. The highest BCUT2D eigenvalue weighted by molar-refractivity contribution is 5.95. The van der Waals surface area contributed by atoms with Gasteiger partial charge in [-0.15, -0.1) is 0 Å². The van der Waals surface area contributed by atoms with Crippen LogP contribution in [0.2, 0.25) is 0 Å². The molecule has 122 valence electrons. The van der Waals surface area contributed by atoms with E-state index in [0.717, 1.165) is 22.2 Å². The first kappa shape index (κ1) is 18.1. The molecule has 0 saturated carbocycles. The second kappa shape index (κ2) is 8.06. The lowest BCUT2D eigenvalue weighted by Gasteiger charge is -2.16. The Morgan fingerprint density at radius 2 is 1.67 bits per heavy atom. The van der Waals surface area contributed by atoms with E-state index in [4.69, 9.17) is 0 Å². The van der Waals surface area contributed by atoms with Crippen molar-refractivity contribution < 1.29 is 33.3 Å². The van der Waals surface area contributed by atoms with Gasteiger partial charge in [0.15, 0.2) is 6.20 Å². The first-order valence-electron chi connectivity index (χ1n) is 7.57. The molecule has 0 radical (unpaired) electrons. The minimum Gasteiger partial charge on any atom is -1.00 e. The summed E-state index contributed by atoms with van der Waals surface area (Å²) in [5, 5.41) is 1.16. The zero-order chi connectivity index (χ0) is 16.2. The Hall–Kier alpha value is -2.21. The standard InChI is InChI=1S/C20H19N2O.HI/c1-16(23)22(18-8-4-3-5-9-18)15-13-17-12-14-21(2)20-11-7-6-10-19(17)20;/h3-15H,1-2H3;1H/q+1;/p-1. The summed E-state index contributed by atoms with van der Waals surface area (Å²) in [4.78, 5) is 13.6. The maximum Gasteiger partial charge on any atom is 0.227 e. The predicted octanol–water partition coefficient (Wildman–Crippen LogP) is 0.692. The molecule has 1 heterocycles. The molecule has 3 nitrogen and oxygen atoms in total. The highest BCUT2D eigenvalue weighted by Gasteiger charge is 2.09. The average Bonchev–Trinajstić information content (AvgIpc) is 2.58. The molecule has 4 heteroatoms. The fraction of sp³-hybridized carbons (Fsp3) is 0.100. The third-order valence-electron chi connectivity index (χ3n) is 3.85. The summed E-state index contributed by atoms with van der Waals surface area (Å²) in [6, 6.07) is 19.9. The number of halogens is 1. The zero-order valence-corrected chi connectivity index (χ0v) is 15.8. The molecule has 0 fully saturated rings. The van der Waals surface area contributed by atoms with Crippen molar-refractivity contribution in [1.82, 2.24) is 0 Å². The molecule has 1 aromatic heterocycles. The molecule has 3 aromatic rings. The summed E-state index contributed by atoms with van der Waals surface area (Å²) in [5.41, 5.74) is 3.10. The van der Waals surface area contributed by atoms with Crippen LogP contribution in [0.15, 0.2) is 73.1 Å². The summed E-state index contributed by atoms with van der Waals surface area (Å²) < 4.78 is 2.09. The summed E-state index contributed by atoms with van der Waals surface area (Å²) >= 11 is 0. The molecule has 3 rings (SSSR count). The van der Waals surface area contributed by atoms with Gasteiger partial charge in [-0.25, -0.2) is 4.57 Å². The number of nitrogens with zero attached hydrogens (tertiary/aromatic N) is 2. The van der Waals surface area contributed by atoms with E-state index in [1.54, 1.807) is 11.8 Å². The molecule has 0 spiro atoms. The maximum absolute atomic E-state index is 12.0. The lowest BCUT2D eigenvalue weighted by atomic mass is 10.1. The quantitative estimate of drug-likeness (QED) is 0.444. The van der Waals surface area contributed by atoms with Gasteiger partial charge in [-0.2, -0.15) is 0 Å². The van der Waals surface area contributed by atoms with Crippen LogP contribution < -0.4 is 33.4 Å². The van der Waals surface area contributed by atoms with Crippen molar-refractivity contribution in [1.29, 1.82) is 0 Å². The van der Waals surface area contributed by atoms with Crippen LogP contribution in [0.3, 0.4) is 0 Å². The molecule has 0 aliphatic heterocycles. The molecule has 0 bridgehead atoms. The SMILES string of the molecule is CC(=O)N(/C=C/c1cc[n+](C)c2ccccc12)c1ccccc1.[I-]. The van der Waals surface area contributed by atoms with Gasteiger partial charge >= 0.3 is 0 Å². The second-order valence-corrected chi connectivity index (χ2v) is 5.44. The minimum absolute atomic E-state index is 0. The number of aryl methyl sites for hydroxylation is 1. The Morgan fingerprint density at radius 1 is 1.00 bits per heavy atom.